The Morgan fingerprint density at radius 2 is 2.14 bits per heavy atom. The average Bonchev–Trinajstić information content (AvgIpc) is 2.64. The first-order valence-corrected chi connectivity index (χ1v) is 11.4. The van der Waals surface area contributed by atoms with E-state index in [0.717, 1.165) is 18.5 Å². The molecule has 0 bridgehead atoms. The fourth-order valence-corrected chi connectivity index (χ4v) is 5.36. The number of rotatable bonds is 7. The molecule has 0 fully saturated rings. The van der Waals surface area contributed by atoms with Gasteiger partial charge in [-0.2, -0.15) is 4.31 Å². The van der Waals surface area contributed by atoms with Crippen LogP contribution in [0.25, 0.3) is 6.08 Å². The van der Waals surface area contributed by atoms with Crippen molar-refractivity contribution in [2.45, 2.75) is 51.2 Å². The van der Waals surface area contributed by atoms with Crippen LogP contribution in [-0.2, 0) is 10.0 Å². The van der Waals surface area contributed by atoms with Crippen LogP contribution >= 0.6 is 0 Å². The van der Waals surface area contributed by atoms with Crippen LogP contribution in [0.15, 0.2) is 29.2 Å². The molecule has 3 atom stereocenters. The van der Waals surface area contributed by atoms with Gasteiger partial charge in [-0.15, -0.1) is 0 Å². The topological polar surface area (TPSA) is 70.1 Å². The number of nitrogens with zero attached hydrogens (tertiary/aromatic N) is 2. The smallest absolute Gasteiger partial charge is 0.247 e. The highest BCUT2D eigenvalue weighted by Crippen LogP contribution is 2.34. The predicted octanol–water partition coefficient (Wildman–Crippen LogP) is 2.83. The quantitative estimate of drug-likeness (QED) is 0.749. The van der Waals surface area contributed by atoms with Crippen LogP contribution in [-0.4, -0.2) is 68.2 Å². The monoisotopic (exact) mass is 410 g/mol. The summed E-state index contributed by atoms with van der Waals surface area (Å²) in [6.45, 7) is 9.55. The van der Waals surface area contributed by atoms with Crippen LogP contribution in [0.2, 0.25) is 0 Å². The Labute approximate surface area is 169 Å². The molecule has 1 aliphatic rings. The highest BCUT2D eigenvalue weighted by molar-refractivity contribution is 7.89. The van der Waals surface area contributed by atoms with E-state index in [1.54, 1.807) is 25.1 Å². The normalized spacial score (nSPS) is 23.8. The molecular weight excluding hydrogens is 376 g/mol. The third-order valence-electron chi connectivity index (χ3n) is 5.15. The zero-order valence-electron chi connectivity index (χ0n) is 17.6. The molecule has 1 N–H and O–H groups in total. The zero-order chi connectivity index (χ0) is 20.9. The molecule has 0 saturated heterocycles. The van der Waals surface area contributed by atoms with Gasteiger partial charge in [-0.3, -0.25) is 0 Å². The lowest BCUT2D eigenvalue weighted by Gasteiger charge is -2.37. The third kappa shape index (κ3) is 5.14. The van der Waals surface area contributed by atoms with E-state index in [9.17, 15) is 13.5 Å². The minimum Gasteiger partial charge on any atom is -0.487 e. The molecule has 158 valence electrons. The maximum absolute atomic E-state index is 13.3. The molecule has 1 heterocycles. The number of aliphatic hydroxyl groups excluding tert-OH is 1. The number of likely N-dealkylation sites (N-methyl/N-ethyl adjacent to an activating group) is 1. The summed E-state index contributed by atoms with van der Waals surface area (Å²) in [5.74, 6) is 0.355. The maximum Gasteiger partial charge on any atom is 0.247 e. The largest absolute Gasteiger partial charge is 0.487 e. The van der Waals surface area contributed by atoms with Gasteiger partial charge in [0.2, 0.25) is 10.0 Å². The van der Waals surface area contributed by atoms with Crippen molar-refractivity contribution in [2.24, 2.45) is 5.92 Å². The molecule has 0 aromatic heterocycles. The Balaban J connectivity index is 2.55. The van der Waals surface area contributed by atoms with Crippen LogP contribution in [0.3, 0.4) is 0 Å². The van der Waals surface area contributed by atoms with Gasteiger partial charge in [0.25, 0.3) is 0 Å². The summed E-state index contributed by atoms with van der Waals surface area (Å²) in [4.78, 5) is 2.38. The number of sulfonamides is 1. The summed E-state index contributed by atoms with van der Waals surface area (Å²) in [6, 6.07) is 4.69. The summed E-state index contributed by atoms with van der Waals surface area (Å²) in [5.41, 5.74) is 0.895. The highest BCUT2D eigenvalue weighted by atomic mass is 32.2. The highest BCUT2D eigenvalue weighted by Gasteiger charge is 2.37. The first-order valence-electron chi connectivity index (χ1n) is 9.99. The van der Waals surface area contributed by atoms with Crippen molar-refractivity contribution in [3.63, 3.8) is 0 Å². The van der Waals surface area contributed by atoms with Crippen molar-refractivity contribution in [1.29, 1.82) is 0 Å². The third-order valence-corrected chi connectivity index (χ3v) is 7.17. The first kappa shape index (κ1) is 22.9. The molecule has 1 aliphatic heterocycles. The molecule has 1 aromatic rings. The summed E-state index contributed by atoms with van der Waals surface area (Å²) >= 11 is 0. The lowest BCUT2D eigenvalue weighted by molar-refractivity contribution is 0.0752. The second-order valence-electron chi connectivity index (χ2n) is 7.71. The molecule has 7 heteroatoms. The standard InChI is InChI=1S/C21H34N2O4S/c1-6-8-18-9-10-21-19(12-18)27-20(14-22(5)11-7-2)16(3)13-23(17(4)15-24)28(21,25)26/h6,8-10,12,16-17,20,24H,7,11,13-15H2,1-5H3/b8-6+/t16-,17+,20-/m1/s1. The lowest BCUT2D eigenvalue weighted by atomic mass is 10.0. The Bertz CT molecular complexity index is 779. The number of hydrogen-bond acceptors (Lipinski definition) is 5. The molecule has 0 spiro atoms. The van der Waals surface area contributed by atoms with Crippen molar-refractivity contribution < 1.29 is 18.3 Å². The number of fused-ring (bicyclic) bond motifs is 1. The number of hydrogen-bond donors (Lipinski definition) is 1. The van der Waals surface area contributed by atoms with Gasteiger partial charge in [-0.25, -0.2) is 8.42 Å². The van der Waals surface area contributed by atoms with E-state index < -0.39 is 16.1 Å². The van der Waals surface area contributed by atoms with E-state index in [1.807, 2.05) is 26.0 Å². The van der Waals surface area contributed by atoms with E-state index >= 15 is 0 Å². The summed E-state index contributed by atoms with van der Waals surface area (Å²) < 4.78 is 34.4. The van der Waals surface area contributed by atoms with Gasteiger partial charge in [-0.05, 0) is 51.6 Å². The molecule has 6 nitrogen and oxygen atoms in total. The van der Waals surface area contributed by atoms with Crippen molar-refractivity contribution in [3.05, 3.63) is 29.8 Å². The van der Waals surface area contributed by atoms with Crippen molar-refractivity contribution in [1.82, 2.24) is 9.21 Å². The number of benzene rings is 1. The fourth-order valence-electron chi connectivity index (χ4n) is 3.54. The maximum atomic E-state index is 13.3. The molecule has 0 saturated carbocycles. The van der Waals surface area contributed by atoms with Crippen LogP contribution in [0.5, 0.6) is 5.75 Å². The first-order chi connectivity index (χ1) is 13.2. The van der Waals surface area contributed by atoms with E-state index in [4.69, 9.17) is 4.74 Å². The molecule has 28 heavy (non-hydrogen) atoms. The summed E-state index contributed by atoms with van der Waals surface area (Å²) in [5, 5.41) is 9.66. The Hall–Kier alpha value is -1.41. The van der Waals surface area contributed by atoms with Gasteiger partial charge in [0.15, 0.2) is 0 Å². The molecule has 0 radical (unpaired) electrons. The fraction of sp³-hybridized carbons (Fsp3) is 0.619. The zero-order valence-corrected chi connectivity index (χ0v) is 18.4. The van der Waals surface area contributed by atoms with Gasteiger partial charge in [0.1, 0.15) is 16.7 Å². The molecule has 1 aromatic carbocycles. The molecular formula is C21H34N2O4S. The van der Waals surface area contributed by atoms with E-state index in [2.05, 4.69) is 18.9 Å². The van der Waals surface area contributed by atoms with Crippen LogP contribution in [0.1, 0.15) is 39.7 Å². The van der Waals surface area contributed by atoms with Crippen LogP contribution in [0.4, 0.5) is 0 Å². The summed E-state index contributed by atoms with van der Waals surface area (Å²) in [7, 11) is -1.71. The number of ether oxygens (including phenoxy) is 1. The van der Waals surface area contributed by atoms with E-state index in [0.29, 0.717) is 18.8 Å². The van der Waals surface area contributed by atoms with Crippen molar-refractivity contribution >= 4 is 16.1 Å². The van der Waals surface area contributed by atoms with Gasteiger partial charge < -0.3 is 14.7 Å². The molecule has 0 aliphatic carbocycles. The number of aliphatic hydroxyl groups is 1. The lowest BCUT2D eigenvalue weighted by Crippen LogP contribution is -2.49. The van der Waals surface area contributed by atoms with Gasteiger partial charge in [-0.1, -0.05) is 32.1 Å². The predicted molar refractivity (Wildman–Crippen MR) is 113 cm³/mol. The second-order valence-corrected chi connectivity index (χ2v) is 9.57. The SMILES string of the molecule is C/C=C/c1ccc2c(c1)O[C@H](CN(C)CCC)[C@H](C)CN([C@@H](C)CO)S2(=O)=O. The molecule has 2 rings (SSSR count). The second kappa shape index (κ2) is 9.87. The van der Waals surface area contributed by atoms with Gasteiger partial charge in [0, 0.05) is 25.0 Å². The Kier molecular flexibility index (Phi) is 8.07. The van der Waals surface area contributed by atoms with E-state index in [-0.39, 0.29) is 23.5 Å². The minimum atomic E-state index is -3.77. The molecule has 0 unspecified atom stereocenters. The molecule has 0 amide bonds. The van der Waals surface area contributed by atoms with Gasteiger partial charge >= 0.3 is 0 Å². The Morgan fingerprint density at radius 1 is 1.43 bits per heavy atom. The van der Waals surface area contributed by atoms with Crippen molar-refractivity contribution in [2.75, 3.05) is 33.3 Å². The van der Waals surface area contributed by atoms with Crippen LogP contribution in [0, 0.1) is 5.92 Å². The van der Waals surface area contributed by atoms with E-state index in [1.165, 1.54) is 4.31 Å². The average molecular weight is 411 g/mol. The minimum absolute atomic E-state index is 0.0263. The van der Waals surface area contributed by atoms with Gasteiger partial charge in [0.05, 0.1) is 6.61 Å². The van der Waals surface area contributed by atoms with Crippen LogP contribution < -0.4 is 4.74 Å². The Morgan fingerprint density at radius 3 is 2.75 bits per heavy atom. The van der Waals surface area contributed by atoms with Crippen molar-refractivity contribution in [3.8, 4) is 5.75 Å². The number of allylic oxidation sites excluding steroid dienone is 1. The summed E-state index contributed by atoms with van der Waals surface area (Å²) in [6.07, 6.45) is 4.72.